The van der Waals surface area contributed by atoms with Crippen LogP contribution < -0.4 is 5.32 Å². The number of allylic oxidation sites excluding steroid dienone is 4. The number of urea groups is 1. The van der Waals surface area contributed by atoms with Gasteiger partial charge >= 0.3 is 6.03 Å². The number of rotatable bonds is 6. The number of nitrogens with one attached hydrogen (secondary N) is 1. The number of hydrogen-bond acceptors (Lipinski definition) is 4. The molecule has 1 N–H and O–H groups in total. The molecule has 0 bridgehead atoms. The van der Waals surface area contributed by atoms with Gasteiger partial charge in [-0.05, 0) is 86.0 Å². The first-order valence-corrected chi connectivity index (χ1v) is 15.5. The number of amides is 2. The molecule has 0 radical (unpaired) electrons. The molecule has 3 rings (SSSR count). The summed E-state index contributed by atoms with van der Waals surface area (Å²) in [6, 6.07) is 2.13. The minimum atomic E-state index is -0.694. The standard InChI is InChI=1S/C35H55N3O3/c1-23-20-30(3,4)15-17-35(23,37-29(41)38(11)12)18-16-31(5,6)34(10)14-13-26-32(7,8)28(40)25(22-36)21-33(26,9)27(34)19-24(2)39/h19,21,23,26H,13-18,20H2,1-12H3,(H,37,41)/b27-19-/t23?,26-,33-,34+,35-/m0/s1. The van der Waals surface area contributed by atoms with Gasteiger partial charge < -0.3 is 10.2 Å². The van der Waals surface area contributed by atoms with E-state index >= 15 is 0 Å². The van der Waals surface area contributed by atoms with E-state index in [4.69, 9.17) is 0 Å². The van der Waals surface area contributed by atoms with E-state index in [2.05, 4.69) is 59.9 Å². The highest BCUT2D eigenvalue weighted by molar-refractivity contribution is 6.04. The summed E-state index contributed by atoms with van der Waals surface area (Å²) in [5, 5.41) is 13.4. The maximum Gasteiger partial charge on any atom is 0.317 e. The van der Waals surface area contributed by atoms with Gasteiger partial charge in [0.25, 0.3) is 0 Å². The highest BCUT2D eigenvalue weighted by Crippen LogP contribution is 2.67. The van der Waals surface area contributed by atoms with Gasteiger partial charge in [-0.1, -0.05) is 74.0 Å². The Hall–Kier alpha value is -2.42. The fraction of sp³-hybridized carbons (Fsp3) is 0.771. The molecule has 5 atom stereocenters. The summed E-state index contributed by atoms with van der Waals surface area (Å²) in [6.07, 6.45) is 10.1. The minimum Gasteiger partial charge on any atom is -0.332 e. The lowest BCUT2D eigenvalue weighted by atomic mass is 9.42. The zero-order valence-electron chi connectivity index (χ0n) is 27.9. The first-order valence-electron chi connectivity index (χ1n) is 15.5. The lowest BCUT2D eigenvalue weighted by molar-refractivity contribution is -0.131. The Morgan fingerprint density at radius 3 is 2.24 bits per heavy atom. The molecule has 6 heteroatoms. The fourth-order valence-electron chi connectivity index (χ4n) is 8.80. The monoisotopic (exact) mass is 565 g/mol. The molecule has 0 aromatic heterocycles. The van der Waals surface area contributed by atoms with Gasteiger partial charge in [-0.15, -0.1) is 0 Å². The summed E-state index contributed by atoms with van der Waals surface area (Å²) in [4.78, 5) is 40.7. The van der Waals surface area contributed by atoms with Crippen LogP contribution in [0.4, 0.5) is 4.79 Å². The predicted molar refractivity (Wildman–Crippen MR) is 165 cm³/mol. The molecule has 0 saturated heterocycles. The van der Waals surface area contributed by atoms with Crippen molar-refractivity contribution in [1.82, 2.24) is 10.2 Å². The SMILES string of the molecule is CC(=O)/C=C1/[C@@]2(C)C=C(C#N)C(=O)C(C)(C)[C@@H]2CC[C@@]1(C)C(C)(C)CC[C@@]1(NC(=O)N(C)C)CCC(C)(C)CC1C. The molecule has 2 fully saturated rings. The summed E-state index contributed by atoms with van der Waals surface area (Å²) in [5.41, 5.74) is -0.668. The third-order valence-corrected chi connectivity index (χ3v) is 11.9. The highest BCUT2D eigenvalue weighted by Gasteiger charge is 2.61. The van der Waals surface area contributed by atoms with Crippen LogP contribution in [-0.4, -0.2) is 42.1 Å². The van der Waals surface area contributed by atoms with Crippen LogP contribution in [0.2, 0.25) is 0 Å². The van der Waals surface area contributed by atoms with Gasteiger partial charge in [0.05, 0.1) is 5.57 Å². The van der Waals surface area contributed by atoms with Crippen LogP contribution in [0.25, 0.3) is 0 Å². The van der Waals surface area contributed by atoms with Crippen molar-refractivity contribution in [3.8, 4) is 6.07 Å². The zero-order chi connectivity index (χ0) is 31.4. The van der Waals surface area contributed by atoms with Crippen LogP contribution in [0.5, 0.6) is 0 Å². The van der Waals surface area contributed by atoms with Crippen LogP contribution in [-0.2, 0) is 9.59 Å². The first-order chi connectivity index (χ1) is 18.6. The molecule has 2 amide bonds. The molecule has 2 saturated carbocycles. The smallest absolute Gasteiger partial charge is 0.317 e. The molecule has 41 heavy (non-hydrogen) atoms. The van der Waals surface area contributed by atoms with Crippen molar-refractivity contribution in [1.29, 1.82) is 5.26 Å². The van der Waals surface area contributed by atoms with Crippen molar-refractivity contribution in [2.24, 2.45) is 38.9 Å². The van der Waals surface area contributed by atoms with E-state index in [1.54, 1.807) is 32.0 Å². The fourth-order valence-corrected chi connectivity index (χ4v) is 8.80. The number of nitriles is 1. The molecule has 1 unspecified atom stereocenters. The van der Waals surface area contributed by atoms with E-state index in [-0.39, 0.29) is 50.9 Å². The summed E-state index contributed by atoms with van der Waals surface area (Å²) in [6.45, 7) is 21.5. The Labute approximate surface area is 249 Å². The molecule has 6 nitrogen and oxygen atoms in total. The highest BCUT2D eigenvalue weighted by atomic mass is 16.2. The molecular weight excluding hydrogens is 510 g/mol. The lowest BCUT2D eigenvalue weighted by Gasteiger charge is -2.61. The molecule has 0 aliphatic heterocycles. The van der Waals surface area contributed by atoms with Crippen molar-refractivity contribution in [3.63, 3.8) is 0 Å². The van der Waals surface area contributed by atoms with E-state index in [0.29, 0.717) is 5.92 Å². The van der Waals surface area contributed by atoms with Crippen LogP contribution in [0.15, 0.2) is 23.3 Å². The van der Waals surface area contributed by atoms with E-state index < -0.39 is 10.8 Å². The van der Waals surface area contributed by atoms with E-state index in [1.165, 1.54) is 0 Å². The van der Waals surface area contributed by atoms with Crippen molar-refractivity contribution in [3.05, 3.63) is 23.3 Å². The van der Waals surface area contributed by atoms with Gasteiger partial charge in [0, 0.05) is 30.5 Å². The van der Waals surface area contributed by atoms with Crippen LogP contribution in [0, 0.1) is 50.2 Å². The quantitative estimate of drug-likeness (QED) is 0.335. The third kappa shape index (κ3) is 5.67. The average molecular weight is 566 g/mol. The molecular formula is C35H55N3O3. The van der Waals surface area contributed by atoms with Gasteiger partial charge in [-0.25, -0.2) is 4.79 Å². The Bertz CT molecular complexity index is 1200. The Balaban J connectivity index is 2.07. The molecule has 3 aliphatic rings. The summed E-state index contributed by atoms with van der Waals surface area (Å²) >= 11 is 0. The second-order valence-electron chi connectivity index (χ2n) is 16.2. The topological polar surface area (TPSA) is 90.3 Å². The Morgan fingerprint density at radius 2 is 1.73 bits per heavy atom. The predicted octanol–water partition coefficient (Wildman–Crippen LogP) is 7.65. The second-order valence-corrected chi connectivity index (χ2v) is 16.2. The summed E-state index contributed by atoms with van der Waals surface area (Å²) < 4.78 is 0. The number of hydrogen-bond donors (Lipinski definition) is 1. The lowest BCUT2D eigenvalue weighted by Crippen LogP contribution is -2.59. The van der Waals surface area contributed by atoms with E-state index in [9.17, 15) is 19.6 Å². The summed E-state index contributed by atoms with van der Waals surface area (Å²) in [7, 11) is 3.59. The molecule has 0 heterocycles. The number of carbonyl (C=O) groups excluding carboxylic acids is 3. The molecule has 228 valence electrons. The maximum atomic E-state index is 13.3. The molecule has 3 aliphatic carbocycles. The first kappa shape index (κ1) is 33.1. The molecule has 0 aromatic rings. The van der Waals surface area contributed by atoms with Crippen molar-refractivity contribution in [2.75, 3.05) is 14.1 Å². The van der Waals surface area contributed by atoms with Crippen LogP contribution in [0.3, 0.4) is 0 Å². The Morgan fingerprint density at radius 1 is 1.12 bits per heavy atom. The van der Waals surface area contributed by atoms with Crippen LogP contribution in [0.1, 0.15) is 114 Å². The van der Waals surface area contributed by atoms with Crippen molar-refractivity contribution in [2.45, 2.75) is 120 Å². The number of ketones is 2. The third-order valence-electron chi connectivity index (χ3n) is 11.9. The van der Waals surface area contributed by atoms with E-state index in [1.807, 2.05) is 19.9 Å². The molecule has 0 aromatic carbocycles. The van der Waals surface area contributed by atoms with Crippen molar-refractivity contribution >= 4 is 17.6 Å². The minimum absolute atomic E-state index is 0.000366. The van der Waals surface area contributed by atoms with Crippen molar-refractivity contribution < 1.29 is 14.4 Å². The number of Topliss-reactive ketones (excluding diaryl/α,β-unsaturated/α-hetero) is 1. The van der Waals surface area contributed by atoms with Crippen LogP contribution >= 0.6 is 0 Å². The second kappa shape index (κ2) is 10.7. The normalized spacial score (nSPS) is 35.6. The van der Waals surface area contributed by atoms with Gasteiger partial charge in [0.1, 0.15) is 6.07 Å². The Kier molecular flexibility index (Phi) is 8.63. The zero-order valence-corrected chi connectivity index (χ0v) is 27.9. The maximum absolute atomic E-state index is 13.3. The summed E-state index contributed by atoms with van der Waals surface area (Å²) in [5.74, 6) is 0.217. The number of carbonyl (C=O) groups is 3. The number of nitrogens with zero attached hydrogens (tertiary/aromatic N) is 2. The average Bonchev–Trinajstić information content (AvgIpc) is 2.84. The largest absolute Gasteiger partial charge is 0.332 e. The molecule has 0 spiro atoms. The van der Waals surface area contributed by atoms with E-state index in [0.717, 1.165) is 50.5 Å². The number of fused-ring (bicyclic) bond motifs is 1. The van der Waals surface area contributed by atoms with Gasteiger partial charge in [0.15, 0.2) is 11.6 Å². The van der Waals surface area contributed by atoms with Gasteiger partial charge in [-0.2, -0.15) is 5.26 Å². The van der Waals surface area contributed by atoms with Gasteiger partial charge in [0.2, 0.25) is 0 Å². The van der Waals surface area contributed by atoms with Gasteiger partial charge in [-0.3, -0.25) is 9.59 Å².